The van der Waals surface area contributed by atoms with Gasteiger partial charge in [-0.2, -0.15) is 0 Å². The van der Waals surface area contributed by atoms with Crippen molar-refractivity contribution in [2.45, 2.75) is 13.5 Å². The Hall–Kier alpha value is -0.820. The van der Waals surface area contributed by atoms with E-state index in [1.165, 1.54) is 17.4 Å². The van der Waals surface area contributed by atoms with Crippen molar-refractivity contribution in [1.29, 1.82) is 0 Å². The lowest BCUT2D eigenvalue weighted by atomic mass is 10.1. The molecule has 20 heavy (non-hydrogen) atoms. The van der Waals surface area contributed by atoms with Crippen LogP contribution in [0.4, 0.5) is 11.4 Å². The second-order valence-corrected chi connectivity index (χ2v) is 7.06. The number of nitrogens with one attached hydrogen (secondary N) is 1. The van der Waals surface area contributed by atoms with Crippen molar-refractivity contribution in [3.8, 4) is 0 Å². The van der Waals surface area contributed by atoms with Gasteiger partial charge in [0.15, 0.2) is 0 Å². The van der Waals surface area contributed by atoms with Gasteiger partial charge in [0, 0.05) is 27.6 Å². The van der Waals surface area contributed by atoms with Gasteiger partial charge in [-0.15, -0.1) is 11.3 Å². The van der Waals surface area contributed by atoms with Crippen molar-refractivity contribution < 1.29 is 4.92 Å². The minimum absolute atomic E-state index is 0.0865. The lowest BCUT2D eigenvalue weighted by molar-refractivity contribution is -0.384. The van der Waals surface area contributed by atoms with Crippen molar-refractivity contribution in [3.63, 3.8) is 0 Å². The Balaban J connectivity index is 2.17. The Kier molecular flexibility index (Phi) is 4.90. The summed E-state index contributed by atoms with van der Waals surface area (Å²) in [5.74, 6) is 0. The molecule has 0 radical (unpaired) electrons. The van der Waals surface area contributed by atoms with Crippen LogP contribution in [0.3, 0.4) is 0 Å². The average Bonchev–Trinajstić information content (AvgIpc) is 2.69. The van der Waals surface area contributed by atoms with Crippen LogP contribution in [0.2, 0.25) is 9.36 Å². The van der Waals surface area contributed by atoms with Crippen LogP contribution in [0.1, 0.15) is 10.4 Å². The maximum atomic E-state index is 10.8. The highest BCUT2D eigenvalue weighted by Gasteiger charge is 2.15. The molecule has 1 heterocycles. The Morgan fingerprint density at radius 1 is 1.40 bits per heavy atom. The van der Waals surface area contributed by atoms with Crippen molar-refractivity contribution in [2.75, 3.05) is 5.32 Å². The first kappa shape index (κ1) is 15.6. The zero-order valence-electron chi connectivity index (χ0n) is 10.2. The quantitative estimate of drug-likeness (QED) is 0.537. The van der Waals surface area contributed by atoms with Crippen LogP contribution in [-0.2, 0) is 6.54 Å². The van der Waals surface area contributed by atoms with Gasteiger partial charge in [-0.1, -0.05) is 23.2 Å². The van der Waals surface area contributed by atoms with Gasteiger partial charge in [0.05, 0.1) is 4.92 Å². The molecule has 0 amide bonds. The molecule has 1 aromatic heterocycles. The average molecular weight is 396 g/mol. The third-order valence-electron chi connectivity index (χ3n) is 2.64. The standard InChI is InChI=1S/C12H9BrCl2N2O2S/c1-6-2-11(17(18)19)9(14)4-10(6)16-5-7-3-8(13)12(15)20-7/h2-4,16H,5H2,1H3. The monoisotopic (exact) mass is 394 g/mol. The third kappa shape index (κ3) is 3.44. The molecule has 0 atom stereocenters. The summed E-state index contributed by atoms with van der Waals surface area (Å²) in [7, 11) is 0. The molecule has 8 heteroatoms. The number of halogens is 3. The topological polar surface area (TPSA) is 55.2 Å². The first-order valence-electron chi connectivity index (χ1n) is 5.50. The van der Waals surface area contributed by atoms with E-state index < -0.39 is 4.92 Å². The fourth-order valence-corrected chi connectivity index (χ4v) is 3.62. The first-order chi connectivity index (χ1) is 9.38. The number of rotatable bonds is 4. The Bertz CT molecular complexity index is 656. The molecule has 4 nitrogen and oxygen atoms in total. The largest absolute Gasteiger partial charge is 0.380 e. The number of anilines is 1. The van der Waals surface area contributed by atoms with E-state index >= 15 is 0 Å². The number of hydrogen-bond donors (Lipinski definition) is 1. The van der Waals surface area contributed by atoms with Crippen molar-refractivity contribution in [3.05, 3.63) is 52.6 Å². The molecule has 0 fully saturated rings. The molecule has 0 unspecified atom stereocenters. The van der Waals surface area contributed by atoms with E-state index in [0.29, 0.717) is 10.9 Å². The zero-order chi connectivity index (χ0) is 14.9. The fraction of sp³-hybridized carbons (Fsp3) is 0.167. The van der Waals surface area contributed by atoms with Gasteiger partial charge >= 0.3 is 0 Å². The van der Waals surface area contributed by atoms with E-state index in [2.05, 4.69) is 21.2 Å². The summed E-state index contributed by atoms with van der Waals surface area (Å²) in [6.45, 7) is 2.37. The van der Waals surface area contributed by atoms with Crippen molar-refractivity contribution >= 4 is 61.8 Å². The lowest BCUT2D eigenvalue weighted by Gasteiger charge is -2.09. The number of nitro benzene ring substituents is 1. The second kappa shape index (κ2) is 6.30. The molecule has 1 aromatic carbocycles. The molecular formula is C12H9BrCl2N2O2S. The van der Waals surface area contributed by atoms with Crippen LogP contribution < -0.4 is 5.32 Å². The van der Waals surface area contributed by atoms with Crippen molar-refractivity contribution in [1.82, 2.24) is 0 Å². The maximum Gasteiger partial charge on any atom is 0.288 e. The normalized spacial score (nSPS) is 10.6. The van der Waals surface area contributed by atoms with Crippen molar-refractivity contribution in [2.24, 2.45) is 0 Å². The van der Waals surface area contributed by atoms with E-state index in [1.807, 2.05) is 6.07 Å². The Labute approximate surface area is 138 Å². The molecule has 2 aromatic rings. The molecule has 0 saturated carbocycles. The number of aryl methyl sites for hydroxylation is 1. The number of benzene rings is 1. The maximum absolute atomic E-state index is 10.8. The van der Waals surface area contributed by atoms with E-state index in [9.17, 15) is 10.1 Å². The molecule has 0 aliphatic carbocycles. The SMILES string of the molecule is Cc1cc([N+](=O)[O-])c(Cl)cc1NCc1cc(Br)c(Cl)s1. The highest BCUT2D eigenvalue weighted by atomic mass is 79.9. The van der Waals surface area contributed by atoms with Gasteiger partial charge in [0.25, 0.3) is 5.69 Å². The second-order valence-electron chi connectivity index (χ2n) is 4.06. The number of thiophene rings is 1. The number of nitrogens with zero attached hydrogens (tertiary/aromatic N) is 1. The minimum Gasteiger partial charge on any atom is -0.380 e. The highest BCUT2D eigenvalue weighted by Crippen LogP contribution is 2.34. The van der Waals surface area contributed by atoms with E-state index in [4.69, 9.17) is 23.2 Å². The molecular weight excluding hydrogens is 387 g/mol. The van der Waals surface area contributed by atoms with Crippen LogP contribution in [-0.4, -0.2) is 4.92 Å². The first-order valence-corrected chi connectivity index (χ1v) is 7.87. The molecule has 0 spiro atoms. The summed E-state index contributed by atoms with van der Waals surface area (Å²) in [5.41, 5.74) is 1.45. The molecule has 1 N–H and O–H groups in total. The van der Waals surface area contributed by atoms with Crippen LogP contribution >= 0.6 is 50.5 Å². The van der Waals surface area contributed by atoms with Crippen LogP contribution in [0, 0.1) is 17.0 Å². The molecule has 2 rings (SSSR count). The van der Waals surface area contributed by atoms with E-state index in [0.717, 1.165) is 20.6 Å². The molecule has 0 aliphatic rings. The molecule has 106 valence electrons. The number of nitro groups is 1. The van der Waals surface area contributed by atoms with Gasteiger partial charge in [-0.25, -0.2) is 0 Å². The highest BCUT2D eigenvalue weighted by molar-refractivity contribution is 9.10. The summed E-state index contributed by atoms with van der Waals surface area (Å²) >= 11 is 16.7. The van der Waals surface area contributed by atoms with Gasteiger partial charge in [-0.05, 0) is 40.5 Å². The molecule has 0 saturated heterocycles. The Morgan fingerprint density at radius 3 is 2.65 bits per heavy atom. The summed E-state index contributed by atoms with van der Waals surface area (Å²) in [6.07, 6.45) is 0. The smallest absolute Gasteiger partial charge is 0.288 e. The summed E-state index contributed by atoms with van der Waals surface area (Å²) in [4.78, 5) is 11.3. The van der Waals surface area contributed by atoms with Crippen LogP contribution in [0.15, 0.2) is 22.7 Å². The van der Waals surface area contributed by atoms with Gasteiger partial charge < -0.3 is 5.32 Å². The van der Waals surface area contributed by atoms with E-state index in [1.54, 1.807) is 13.0 Å². The predicted octanol–water partition coefficient (Wildman–Crippen LogP) is 5.65. The minimum atomic E-state index is -0.491. The van der Waals surface area contributed by atoms with Gasteiger partial charge in [0.2, 0.25) is 0 Å². The third-order valence-corrected chi connectivity index (χ3v) is 5.42. The lowest BCUT2D eigenvalue weighted by Crippen LogP contribution is -2.00. The summed E-state index contributed by atoms with van der Waals surface area (Å²) < 4.78 is 1.56. The fourth-order valence-electron chi connectivity index (χ4n) is 1.66. The van der Waals surface area contributed by atoms with E-state index in [-0.39, 0.29) is 10.7 Å². The summed E-state index contributed by atoms with van der Waals surface area (Å²) in [6, 6.07) is 4.96. The summed E-state index contributed by atoms with van der Waals surface area (Å²) in [5, 5.41) is 14.1. The molecule has 0 aliphatic heterocycles. The van der Waals surface area contributed by atoms with Gasteiger partial charge in [-0.3, -0.25) is 10.1 Å². The Morgan fingerprint density at radius 2 is 2.10 bits per heavy atom. The van der Waals surface area contributed by atoms with Crippen LogP contribution in [0.25, 0.3) is 0 Å². The molecule has 0 bridgehead atoms. The van der Waals surface area contributed by atoms with Crippen LogP contribution in [0.5, 0.6) is 0 Å². The number of hydrogen-bond acceptors (Lipinski definition) is 4. The zero-order valence-corrected chi connectivity index (χ0v) is 14.2. The van der Waals surface area contributed by atoms with Gasteiger partial charge in [0.1, 0.15) is 9.36 Å². The predicted molar refractivity (Wildman–Crippen MR) is 87.2 cm³/mol.